The van der Waals surface area contributed by atoms with Crippen molar-refractivity contribution in [2.24, 2.45) is 11.7 Å². The molecule has 0 saturated heterocycles. The van der Waals surface area contributed by atoms with Crippen LogP contribution in [0.1, 0.15) is 49.9 Å². The average molecular weight is 547 g/mol. The highest BCUT2D eigenvalue weighted by molar-refractivity contribution is 7.92. The first-order chi connectivity index (χ1) is 16.8. The predicted octanol–water partition coefficient (Wildman–Crippen LogP) is 4.62. The van der Waals surface area contributed by atoms with Gasteiger partial charge in [0.2, 0.25) is 0 Å². The van der Waals surface area contributed by atoms with E-state index in [2.05, 4.69) is 5.32 Å². The molecule has 3 N–H and O–H groups in total. The van der Waals surface area contributed by atoms with Gasteiger partial charge in [-0.15, -0.1) is 0 Å². The van der Waals surface area contributed by atoms with Crippen LogP contribution in [-0.4, -0.2) is 37.7 Å². The highest BCUT2D eigenvalue weighted by atomic mass is 35.5. The van der Waals surface area contributed by atoms with Gasteiger partial charge in [-0.3, -0.25) is 9.59 Å². The van der Waals surface area contributed by atoms with Crippen LogP contribution in [0.4, 0.5) is 18.9 Å². The third kappa shape index (κ3) is 6.19. The van der Waals surface area contributed by atoms with Crippen molar-refractivity contribution in [2.45, 2.75) is 61.8 Å². The molecule has 2 aromatic rings. The molecule has 1 aliphatic carbocycles. The lowest BCUT2D eigenvalue weighted by Crippen LogP contribution is -2.40. The summed E-state index contributed by atoms with van der Waals surface area (Å²) in [5.41, 5.74) is 5.33. The highest BCUT2D eigenvalue weighted by Crippen LogP contribution is 2.34. The Kier molecular flexibility index (Phi) is 8.68. The number of hydrogen-bond acceptors (Lipinski definition) is 6. The number of carbonyl (C=O) groups is 2. The molecule has 1 fully saturated rings. The summed E-state index contributed by atoms with van der Waals surface area (Å²) in [4.78, 5) is 24.4. The number of sulfone groups is 1. The number of ether oxygens (including phenoxy) is 1. The molecular formula is C24H26ClF3N2O5S. The second-order valence-electron chi connectivity index (χ2n) is 9.00. The smallest absolute Gasteiger partial charge is 0.323 e. The lowest BCUT2D eigenvalue weighted by atomic mass is 9.97. The minimum absolute atomic E-state index is 0.0954. The quantitative estimate of drug-likeness (QED) is 0.387. The topological polar surface area (TPSA) is 116 Å². The minimum atomic E-state index is -3.97. The van der Waals surface area contributed by atoms with Gasteiger partial charge in [0.1, 0.15) is 12.1 Å². The standard InChI is InChI=1S/C24H26ClF3N2O5S/c1-12(2)22(29)24(32)35-15-4-6-16(7-5-15)36(33,34)20-9-13(3-8-17(20)25)23(31)30-14-10-18(26)21(28)19(27)11-14/h3,8-12,15-16,22H,4-7,29H2,1-2H3,(H,30,31)/t15-,16-,22-/m0/s1. The number of carbonyl (C=O) groups excluding carboxylic acids is 2. The Balaban J connectivity index is 1.73. The van der Waals surface area contributed by atoms with E-state index in [1.54, 1.807) is 13.8 Å². The van der Waals surface area contributed by atoms with Crippen LogP contribution in [0.3, 0.4) is 0 Å². The fraction of sp³-hybridized carbons (Fsp3) is 0.417. The summed E-state index contributed by atoms with van der Waals surface area (Å²) in [7, 11) is -3.97. The highest BCUT2D eigenvalue weighted by Gasteiger charge is 2.35. The molecule has 0 spiro atoms. The van der Waals surface area contributed by atoms with Crippen LogP contribution < -0.4 is 11.1 Å². The summed E-state index contributed by atoms with van der Waals surface area (Å²) in [6.45, 7) is 3.59. The maximum atomic E-state index is 13.4. The van der Waals surface area contributed by atoms with Crippen molar-refractivity contribution in [1.82, 2.24) is 0 Å². The van der Waals surface area contributed by atoms with E-state index < -0.39 is 56.6 Å². The number of nitrogens with two attached hydrogens (primary N) is 1. The Hall–Kier alpha value is -2.63. The fourth-order valence-electron chi connectivity index (χ4n) is 3.85. The van der Waals surface area contributed by atoms with Gasteiger partial charge in [-0.05, 0) is 49.8 Å². The van der Waals surface area contributed by atoms with Gasteiger partial charge in [0.15, 0.2) is 27.3 Å². The van der Waals surface area contributed by atoms with Crippen LogP contribution in [0.25, 0.3) is 0 Å². The van der Waals surface area contributed by atoms with Crippen molar-refractivity contribution in [1.29, 1.82) is 0 Å². The molecular weight excluding hydrogens is 521 g/mol. The van der Waals surface area contributed by atoms with Crippen molar-refractivity contribution >= 4 is 39.0 Å². The van der Waals surface area contributed by atoms with E-state index in [0.29, 0.717) is 25.0 Å². The fourth-order valence-corrected chi connectivity index (χ4v) is 6.17. The molecule has 0 radical (unpaired) electrons. The van der Waals surface area contributed by atoms with E-state index in [-0.39, 0.29) is 39.9 Å². The van der Waals surface area contributed by atoms with Gasteiger partial charge in [0.25, 0.3) is 5.91 Å². The van der Waals surface area contributed by atoms with Gasteiger partial charge in [-0.25, -0.2) is 21.6 Å². The summed E-state index contributed by atoms with van der Waals surface area (Å²) in [6.07, 6.45) is 0.605. The van der Waals surface area contributed by atoms with Crippen molar-refractivity contribution < 1.29 is 35.9 Å². The van der Waals surface area contributed by atoms with Crippen LogP contribution in [0.5, 0.6) is 0 Å². The van der Waals surface area contributed by atoms with E-state index in [0.717, 1.165) is 6.07 Å². The molecule has 7 nitrogen and oxygen atoms in total. The van der Waals surface area contributed by atoms with Crippen molar-refractivity contribution in [2.75, 3.05) is 5.32 Å². The van der Waals surface area contributed by atoms with E-state index >= 15 is 0 Å². The van der Waals surface area contributed by atoms with Gasteiger partial charge in [0.05, 0.1) is 15.2 Å². The maximum absolute atomic E-state index is 13.4. The zero-order valence-electron chi connectivity index (χ0n) is 19.6. The Labute approximate surface area is 212 Å². The Bertz CT molecular complexity index is 1240. The van der Waals surface area contributed by atoms with E-state index in [4.69, 9.17) is 22.1 Å². The molecule has 0 unspecified atom stereocenters. The first-order valence-electron chi connectivity index (χ1n) is 11.3. The number of halogens is 4. The number of benzene rings is 2. The molecule has 2 aromatic carbocycles. The molecule has 36 heavy (non-hydrogen) atoms. The molecule has 1 amide bonds. The Morgan fingerprint density at radius 2 is 1.64 bits per heavy atom. The van der Waals surface area contributed by atoms with Crippen LogP contribution in [-0.2, 0) is 19.4 Å². The summed E-state index contributed by atoms with van der Waals surface area (Å²) in [6, 6.07) is 4.00. The molecule has 0 bridgehead atoms. The van der Waals surface area contributed by atoms with Gasteiger partial charge in [-0.1, -0.05) is 25.4 Å². The van der Waals surface area contributed by atoms with Gasteiger partial charge >= 0.3 is 5.97 Å². The zero-order valence-corrected chi connectivity index (χ0v) is 21.1. The SMILES string of the molecule is CC(C)[C@H](N)C(=O)O[C@H]1CC[C@H](S(=O)(=O)c2cc(C(=O)Nc3cc(F)c(F)c(F)c3)ccc2Cl)CC1. The van der Waals surface area contributed by atoms with Crippen LogP contribution in [0, 0.1) is 23.4 Å². The number of esters is 1. The minimum Gasteiger partial charge on any atom is -0.461 e. The molecule has 0 aromatic heterocycles. The van der Waals surface area contributed by atoms with Crippen LogP contribution in [0.15, 0.2) is 35.2 Å². The van der Waals surface area contributed by atoms with Crippen molar-refractivity contribution in [3.05, 3.63) is 58.4 Å². The molecule has 1 saturated carbocycles. The monoisotopic (exact) mass is 546 g/mol. The van der Waals surface area contributed by atoms with Crippen LogP contribution in [0.2, 0.25) is 5.02 Å². The molecule has 1 aliphatic rings. The third-order valence-corrected chi connectivity index (χ3v) is 8.82. The lowest BCUT2D eigenvalue weighted by Gasteiger charge is -2.29. The van der Waals surface area contributed by atoms with Crippen molar-refractivity contribution in [3.63, 3.8) is 0 Å². The second-order valence-corrected chi connectivity index (χ2v) is 11.6. The number of nitrogens with one attached hydrogen (secondary N) is 1. The predicted molar refractivity (Wildman–Crippen MR) is 128 cm³/mol. The summed E-state index contributed by atoms with van der Waals surface area (Å²) in [5, 5.41) is 1.29. The Morgan fingerprint density at radius 1 is 1.06 bits per heavy atom. The number of rotatable bonds is 7. The number of anilines is 1. The zero-order chi connectivity index (χ0) is 26.8. The molecule has 196 valence electrons. The van der Waals surface area contributed by atoms with E-state index in [1.807, 2.05) is 0 Å². The molecule has 1 atom stereocenters. The average Bonchev–Trinajstić information content (AvgIpc) is 2.82. The third-order valence-electron chi connectivity index (χ3n) is 6.07. The first-order valence-corrected chi connectivity index (χ1v) is 13.2. The van der Waals surface area contributed by atoms with Crippen LogP contribution >= 0.6 is 11.6 Å². The van der Waals surface area contributed by atoms with E-state index in [1.165, 1.54) is 12.1 Å². The van der Waals surface area contributed by atoms with Crippen molar-refractivity contribution in [3.8, 4) is 0 Å². The Morgan fingerprint density at radius 3 is 2.19 bits per heavy atom. The normalized spacial score (nSPS) is 19.1. The first kappa shape index (κ1) is 27.9. The number of amides is 1. The molecule has 3 rings (SSSR count). The van der Waals surface area contributed by atoms with Gasteiger partial charge in [0, 0.05) is 23.4 Å². The second kappa shape index (κ2) is 11.2. The van der Waals surface area contributed by atoms with Gasteiger partial charge in [-0.2, -0.15) is 0 Å². The molecule has 0 heterocycles. The number of hydrogen-bond donors (Lipinski definition) is 2. The van der Waals surface area contributed by atoms with Gasteiger partial charge < -0.3 is 15.8 Å². The van der Waals surface area contributed by atoms with E-state index in [9.17, 15) is 31.2 Å². The summed E-state index contributed by atoms with van der Waals surface area (Å²) >= 11 is 6.15. The lowest BCUT2D eigenvalue weighted by molar-refractivity contribution is -0.153. The molecule has 12 heteroatoms. The summed E-state index contributed by atoms with van der Waals surface area (Å²) < 4.78 is 72.1. The summed E-state index contributed by atoms with van der Waals surface area (Å²) in [5.74, 6) is -6.15. The maximum Gasteiger partial charge on any atom is 0.323 e. The largest absolute Gasteiger partial charge is 0.461 e. The molecule has 0 aliphatic heterocycles.